The molecule has 1 N–H and O–H groups in total. The van der Waals surface area contributed by atoms with Gasteiger partial charge in [0, 0.05) is 30.7 Å². The maximum Gasteiger partial charge on any atom is 0.335 e. The fraction of sp³-hybridized carbons (Fsp3) is 0.0526. The Labute approximate surface area is 134 Å². The van der Waals surface area contributed by atoms with Gasteiger partial charge in [0.15, 0.2) is 0 Å². The van der Waals surface area contributed by atoms with Crippen molar-refractivity contribution in [2.24, 2.45) is 4.99 Å². The Bertz CT molecular complexity index is 818. The van der Waals surface area contributed by atoms with Crippen LogP contribution in [0.1, 0.15) is 15.9 Å². The van der Waals surface area contributed by atoms with Gasteiger partial charge in [-0.15, -0.1) is 0 Å². The molecule has 0 atom stereocenters. The number of hydrogen-bond donors (Lipinski definition) is 1. The summed E-state index contributed by atoms with van der Waals surface area (Å²) < 4.78 is 0. The Morgan fingerprint density at radius 2 is 1.87 bits per heavy atom. The number of allylic oxidation sites excluding steroid dienone is 3. The van der Waals surface area contributed by atoms with Crippen molar-refractivity contribution in [2.45, 2.75) is 0 Å². The molecular formula is C19H16N2O2. The fourth-order valence-electron chi connectivity index (χ4n) is 2.43. The van der Waals surface area contributed by atoms with Gasteiger partial charge in [0.2, 0.25) is 0 Å². The second-order valence-corrected chi connectivity index (χ2v) is 5.20. The maximum absolute atomic E-state index is 10.8. The number of rotatable bonds is 3. The average molecular weight is 304 g/mol. The zero-order valence-electron chi connectivity index (χ0n) is 12.7. The lowest BCUT2D eigenvalue weighted by Gasteiger charge is -2.23. The van der Waals surface area contributed by atoms with E-state index in [1.54, 1.807) is 30.5 Å². The van der Waals surface area contributed by atoms with Gasteiger partial charge in [-0.2, -0.15) is 0 Å². The molecule has 2 aromatic rings. The Morgan fingerprint density at radius 3 is 2.61 bits per heavy atom. The predicted molar refractivity (Wildman–Crippen MR) is 93.5 cm³/mol. The van der Waals surface area contributed by atoms with E-state index in [4.69, 9.17) is 5.11 Å². The van der Waals surface area contributed by atoms with Gasteiger partial charge in [-0.05, 0) is 48.1 Å². The van der Waals surface area contributed by atoms with E-state index < -0.39 is 5.97 Å². The zero-order valence-corrected chi connectivity index (χ0v) is 12.7. The number of carboxylic acids is 1. The lowest BCUT2D eigenvalue weighted by molar-refractivity contribution is 0.0697. The molecule has 23 heavy (non-hydrogen) atoms. The first kappa shape index (κ1) is 14.8. The van der Waals surface area contributed by atoms with E-state index in [2.05, 4.69) is 22.0 Å². The molecule has 4 heteroatoms. The lowest BCUT2D eigenvalue weighted by Crippen LogP contribution is -2.13. The van der Waals surface area contributed by atoms with Gasteiger partial charge >= 0.3 is 5.97 Å². The summed E-state index contributed by atoms with van der Waals surface area (Å²) in [6, 6.07) is 14.7. The summed E-state index contributed by atoms with van der Waals surface area (Å²) >= 11 is 0. The second kappa shape index (κ2) is 6.32. The topological polar surface area (TPSA) is 52.9 Å². The SMILES string of the molecule is CN1C=CC(=CC=Nc2ccc(C(=O)O)cc2)c2ccccc21. The quantitative estimate of drug-likeness (QED) is 0.867. The summed E-state index contributed by atoms with van der Waals surface area (Å²) in [7, 11) is 2.02. The van der Waals surface area contributed by atoms with Crippen molar-refractivity contribution in [3.63, 3.8) is 0 Å². The fourth-order valence-corrected chi connectivity index (χ4v) is 2.43. The van der Waals surface area contributed by atoms with E-state index in [-0.39, 0.29) is 5.56 Å². The highest BCUT2D eigenvalue weighted by Crippen LogP contribution is 2.31. The molecule has 1 aliphatic heterocycles. The largest absolute Gasteiger partial charge is 0.478 e. The summed E-state index contributed by atoms with van der Waals surface area (Å²) in [4.78, 5) is 17.2. The number of benzene rings is 2. The molecule has 4 nitrogen and oxygen atoms in total. The number of carboxylic acid groups (broad SMARTS) is 1. The molecular weight excluding hydrogens is 288 g/mol. The van der Waals surface area contributed by atoms with Crippen LogP contribution in [0, 0.1) is 0 Å². The van der Waals surface area contributed by atoms with E-state index in [9.17, 15) is 4.79 Å². The van der Waals surface area contributed by atoms with Crippen molar-refractivity contribution in [3.05, 3.63) is 78.0 Å². The molecule has 0 saturated heterocycles. The first-order valence-electron chi connectivity index (χ1n) is 7.23. The van der Waals surface area contributed by atoms with Crippen LogP contribution in [0.15, 0.2) is 71.9 Å². The van der Waals surface area contributed by atoms with Gasteiger partial charge in [-0.25, -0.2) is 4.79 Å². The number of nitrogens with zero attached hydrogens (tertiary/aromatic N) is 2. The number of aromatic carboxylic acids is 1. The van der Waals surface area contributed by atoms with E-state index in [0.29, 0.717) is 0 Å². The zero-order chi connectivity index (χ0) is 16.2. The van der Waals surface area contributed by atoms with Gasteiger partial charge in [0.1, 0.15) is 0 Å². The summed E-state index contributed by atoms with van der Waals surface area (Å²) in [5, 5.41) is 8.88. The number of hydrogen-bond acceptors (Lipinski definition) is 3. The number of carbonyl (C=O) groups is 1. The first-order valence-corrected chi connectivity index (χ1v) is 7.23. The lowest BCUT2D eigenvalue weighted by atomic mass is 10.0. The van der Waals surface area contributed by atoms with Crippen molar-refractivity contribution in [2.75, 3.05) is 11.9 Å². The van der Waals surface area contributed by atoms with Gasteiger partial charge in [-0.3, -0.25) is 4.99 Å². The first-order chi connectivity index (χ1) is 11.1. The van der Waals surface area contributed by atoms with Crippen LogP contribution in [-0.2, 0) is 0 Å². The standard InChI is InChI=1S/C19H16N2O2/c1-21-13-11-14(17-4-2-3-5-18(17)21)10-12-20-16-8-6-15(7-9-16)19(22)23/h2-13H,1H3,(H,22,23). The Kier molecular flexibility index (Phi) is 4.06. The number of fused-ring (bicyclic) bond motifs is 1. The van der Waals surface area contributed by atoms with Crippen molar-refractivity contribution in [1.82, 2.24) is 0 Å². The van der Waals surface area contributed by atoms with E-state index in [1.165, 1.54) is 0 Å². The number of para-hydroxylation sites is 1. The molecule has 114 valence electrons. The molecule has 0 unspecified atom stereocenters. The molecule has 0 bridgehead atoms. The average Bonchev–Trinajstić information content (AvgIpc) is 2.58. The van der Waals surface area contributed by atoms with Crippen molar-refractivity contribution in [3.8, 4) is 0 Å². The highest BCUT2D eigenvalue weighted by molar-refractivity contribution is 5.94. The molecule has 2 aromatic carbocycles. The van der Waals surface area contributed by atoms with Gasteiger partial charge in [-0.1, -0.05) is 18.2 Å². The Balaban J connectivity index is 1.82. The molecule has 3 rings (SSSR count). The third kappa shape index (κ3) is 3.21. The summed E-state index contributed by atoms with van der Waals surface area (Å²) in [6.07, 6.45) is 7.75. The molecule has 0 amide bonds. The van der Waals surface area contributed by atoms with Gasteiger partial charge < -0.3 is 10.0 Å². The molecule has 0 aliphatic carbocycles. The van der Waals surface area contributed by atoms with Crippen LogP contribution in [0.4, 0.5) is 11.4 Å². The van der Waals surface area contributed by atoms with Gasteiger partial charge in [0.05, 0.1) is 11.3 Å². The van der Waals surface area contributed by atoms with Crippen LogP contribution < -0.4 is 4.90 Å². The normalized spacial score (nSPS) is 15.2. The Hall–Kier alpha value is -3.14. The van der Waals surface area contributed by atoms with E-state index >= 15 is 0 Å². The molecule has 1 heterocycles. The highest BCUT2D eigenvalue weighted by atomic mass is 16.4. The molecule has 0 aromatic heterocycles. The van der Waals surface area contributed by atoms with Crippen LogP contribution in [0.5, 0.6) is 0 Å². The third-order valence-electron chi connectivity index (χ3n) is 3.66. The minimum absolute atomic E-state index is 0.259. The minimum atomic E-state index is -0.935. The maximum atomic E-state index is 10.8. The minimum Gasteiger partial charge on any atom is -0.478 e. The summed E-state index contributed by atoms with van der Waals surface area (Å²) in [5.74, 6) is -0.935. The number of aliphatic imine (C=N–C) groups is 1. The van der Waals surface area contributed by atoms with Crippen LogP contribution in [0.2, 0.25) is 0 Å². The highest BCUT2D eigenvalue weighted by Gasteiger charge is 2.11. The second-order valence-electron chi connectivity index (χ2n) is 5.20. The summed E-state index contributed by atoms with van der Waals surface area (Å²) in [5.41, 5.74) is 4.38. The third-order valence-corrected chi connectivity index (χ3v) is 3.66. The smallest absolute Gasteiger partial charge is 0.335 e. The van der Waals surface area contributed by atoms with Gasteiger partial charge in [0.25, 0.3) is 0 Å². The summed E-state index contributed by atoms with van der Waals surface area (Å²) in [6.45, 7) is 0. The molecule has 0 saturated carbocycles. The molecule has 0 radical (unpaired) electrons. The van der Waals surface area contributed by atoms with Crippen LogP contribution in [0.25, 0.3) is 5.57 Å². The molecule has 0 spiro atoms. The van der Waals surface area contributed by atoms with Crippen molar-refractivity contribution < 1.29 is 9.90 Å². The number of anilines is 1. The molecule has 0 fully saturated rings. The molecule has 1 aliphatic rings. The Morgan fingerprint density at radius 1 is 1.13 bits per heavy atom. The van der Waals surface area contributed by atoms with Crippen LogP contribution >= 0.6 is 0 Å². The van der Waals surface area contributed by atoms with Crippen molar-refractivity contribution in [1.29, 1.82) is 0 Å². The van der Waals surface area contributed by atoms with Crippen LogP contribution in [-0.4, -0.2) is 24.3 Å². The van der Waals surface area contributed by atoms with E-state index in [1.807, 2.05) is 37.5 Å². The van der Waals surface area contributed by atoms with Crippen LogP contribution in [0.3, 0.4) is 0 Å². The van der Waals surface area contributed by atoms with Crippen molar-refractivity contribution >= 4 is 29.1 Å². The van der Waals surface area contributed by atoms with E-state index in [0.717, 1.165) is 22.5 Å². The monoisotopic (exact) mass is 304 g/mol. The predicted octanol–water partition coefficient (Wildman–Crippen LogP) is 4.13.